The molecule has 2 unspecified atom stereocenters. The molecule has 2 rings (SSSR count). The molecule has 1 heterocycles. The highest BCUT2D eigenvalue weighted by Crippen LogP contribution is 2.37. The summed E-state index contributed by atoms with van der Waals surface area (Å²) in [5.41, 5.74) is 0. The zero-order valence-corrected chi connectivity index (χ0v) is 14.2. The van der Waals surface area contributed by atoms with E-state index in [4.69, 9.17) is 0 Å². The molecule has 1 aromatic rings. The summed E-state index contributed by atoms with van der Waals surface area (Å²) < 4.78 is 2.21. The van der Waals surface area contributed by atoms with Crippen molar-refractivity contribution in [2.45, 2.75) is 51.7 Å². The zero-order valence-electron chi connectivity index (χ0n) is 13.4. The minimum absolute atomic E-state index is 0.218. The summed E-state index contributed by atoms with van der Waals surface area (Å²) in [6.45, 7) is 8.20. The molecule has 2 atom stereocenters. The van der Waals surface area contributed by atoms with Gasteiger partial charge < -0.3 is 9.88 Å². The van der Waals surface area contributed by atoms with Crippen molar-refractivity contribution in [3.05, 3.63) is 5.82 Å². The van der Waals surface area contributed by atoms with E-state index in [2.05, 4.69) is 40.9 Å². The van der Waals surface area contributed by atoms with Crippen molar-refractivity contribution in [1.29, 1.82) is 0 Å². The lowest BCUT2D eigenvalue weighted by atomic mass is 10.2. The van der Waals surface area contributed by atoms with Gasteiger partial charge in [-0.3, -0.25) is 4.79 Å². The number of nitrogens with zero attached hydrogens (tertiary/aromatic N) is 3. The summed E-state index contributed by atoms with van der Waals surface area (Å²) in [6, 6.07) is 0. The van der Waals surface area contributed by atoms with E-state index in [1.807, 2.05) is 6.26 Å². The van der Waals surface area contributed by atoms with Crippen LogP contribution in [0.5, 0.6) is 0 Å². The van der Waals surface area contributed by atoms with Crippen molar-refractivity contribution in [2.24, 2.45) is 17.8 Å². The summed E-state index contributed by atoms with van der Waals surface area (Å²) in [7, 11) is 0. The molecule has 1 aliphatic carbocycles. The maximum Gasteiger partial charge on any atom is 0.223 e. The number of hydrogen-bond donors (Lipinski definition) is 1. The first kappa shape index (κ1) is 16.3. The third-order valence-electron chi connectivity index (χ3n) is 3.85. The van der Waals surface area contributed by atoms with Crippen LogP contribution in [0.3, 0.4) is 0 Å². The van der Waals surface area contributed by atoms with E-state index in [1.54, 1.807) is 11.8 Å². The molecule has 6 heteroatoms. The van der Waals surface area contributed by atoms with Gasteiger partial charge in [-0.2, -0.15) is 0 Å². The molecule has 0 spiro atoms. The van der Waals surface area contributed by atoms with Crippen LogP contribution >= 0.6 is 11.8 Å². The highest BCUT2D eigenvalue weighted by atomic mass is 32.2. The highest BCUT2D eigenvalue weighted by Gasteiger charge is 2.38. The number of aryl methyl sites for hydroxylation is 1. The first-order chi connectivity index (χ1) is 10.0. The monoisotopic (exact) mass is 310 g/mol. The Balaban J connectivity index is 1.79. The number of aromatic nitrogens is 3. The van der Waals surface area contributed by atoms with E-state index in [1.165, 1.54) is 0 Å². The van der Waals surface area contributed by atoms with Crippen LogP contribution in [-0.4, -0.2) is 33.5 Å². The SMILES string of the molecule is CSc1nnc(CCCNC(=O)C2CC2C)n1CC(C)C. The number of hydrogen-bond acceptors (Lipinski definition) is 4. The van der Waals surface area contributed by atoms with Crippen LogP contribution < -0.4 is 5.32 Å². The van der Waals surface area contributed by atoms with Gasteiger partial charge in [-0.25, -0.2) is 0 Å². The topological polar surface area (TPSA) is 59.8 Å². The third kappa shape index (κ3) is 4.46. The minimum Gasteiger partial charge on any atom is -0.356 e. The predicted molar refractivity (Wildman–Crippen MR) is 85.2 cm³/mol. The standard InChI is InChI=1S/C15H26N4OS/c1-10(2)9-19-13(17-18-15(19)21-4)6-5-7-16-14(20)12-8-11(12)3/h10-12H,5-9H2,1-4H3,(H,16,20). The Morgan fingerprint density at radius 1 is 1.48 bits per heavy atom. The van der Waals surface area contributed by atoms with Crippen molar-refractivity contribution in [3.63, 3.8) is 0 Å². The Labute approximate surface area is 131 Å². The Morgan fingerprint density at radius 2 is 2.19 bits per heavy atom. The zero-order chi connectivity index (χ0) is 15.4. The first-order valence-corrected chi connectivity index (χ1v) is 8.99. The molecule has 0 bridgehead atoms. The molecule has 0 aliphatic heterocycles. The molecule has 1 aromatic heterocycles. The van der Waals surface area contributed by atoms with Gasteiger partial charge in [0.05, 0.1) is 0 Å². The number of carbonyl (C=O) groups is 1. The largest absolute Gasteiger partial charge is 0.356 e. The summed E-state index contributed by atoms with van der Waals surface area (Å²) >= 11 is 1.63. The minimum atomic E-state index is 0.218. The van der Waals surface area contributed by atoms with Crippen LogP contribution in [0, 0.1) is 17.8 Å². The van der Waals surface area contributed by atoms with Crippen LogP contribution in [0.1, 0.15) is 39.4 Å². The van der Waals surface area contributed by atoms with Gasteiger partial charge in [0.1, 0.15) is 5.82 Å². The van der Waals surface area contributed by atoms with Crippen molar-refractivity contribution >= 4 is 17.7 Å². The maximum absolute atomic E-state index is 11.7. The molecule has 1 fully saturated rings. The smallest absolute Gasteiger partial charge is 0.223 e. The predicted octanol–water partition coefficient (Wildman–Crippen LogP) is 2.36. The molecule has 21 heavy (non-hydrogen) atoms. The Morgan fingerprint density at radius 3 is 2.76 bits per heavy atom. The third-order valence-corrected chi connectivity index (χ3v) is 4.51. The average Bonchev–Trinajstić information content (AvgIpc) is 3.05. The molecule has 118 valence electrons. The van der Waals surface area contributed by atoms with Gasteiger partial charge in [0.2, 0.25) is 5.91 Å². The van der Waals surface area contributed by atoms with E-state index < -0.39 is 0 Å². The van der Waals surface area contributed by atoms with E-state index in [0.717, 1.165) is 43.3 Å². The molecule has 5 nitrogen and oxygen atoms in total. The fourth-order valence-corrected chi connectivity index (χ4v) is 3.00. The summed E-state index contributed by atoms with van der Waals surface area (Å²) in [4.78, 5) is 11.7. The van der Waals surface area contributed by atoms with E-state index >= 15 is 0 Å². The van der Waals surface area contributed by atoms with E-state index in [9.17, 15) is 4.79 Å². The molecular formula is C15H26N4OS. The Hall–Kier alpha value is -1.04. The quantitative estimate of drug-likeness (QED) is 0.591. The molecule has 0 aromatic carbocycles. The van der Waals surface area contributed by atoms with Crippen molar-refractivity contribution < 1.29 is 4.79 Å². The Bertz CT molecular complexity index is 486. The number of rotatable bonds is 8. The van der Waals surface area contributed by atoms with Gasteiger partial charge in [0, 0.05) is 25.4 Å². The fourth-order valence-electron chi connectivity index (χ4n) is 2.48. The summed E-state index contributed by atoms with van der Waals surface area (Å²) in [5.74, 6) is 2.65. The van der Waals surface area contributed by atoms with Crippen LogP contribution in [-0.2, 0) is 17.8 Å². The van der Waals surface area contributed by atoms with Crippen LogP contribution in [0.15, 0.2) is 5.16 Å². The van der Waals surface area contributed by atoms with Crippen LogP contribution in [0.2, 0.25) is 0 Å². The average molecular weight is 310 g/mol. The van der Waals surface area contributed by atoms with Crippen molar-refractivity contribution in [1.82, 2.24) is 20.1 Å². The highest BCUT2D eigenvalue weighted by molar-refractivity contribution is 7.98. The molecule has 1 saturated carbocycles. The van der Waals surface area contributed by atoms with Crippen molar-refractivity contribution in [2.75, 3.05) is 12.8 Å². The van der Waals surface area contributed by atoms with Gasteiger partial charge in [-0.15, -0.1) is 10.2 Å². The van der Waals surface area contributed by atoms with E-state index in [-0.39, 0.29) is 11.8 Å². The second-order valence-corrected chi connectivity index (χ2v) is 7.09. The number of nitrogens with one attached hydrogen (secondary N) is 1. The normalized spacial score (nSPS) is 20.8. The number of amides is 1. The van der Waals surface area contributed by atoms with Gasteiger partial charge in [-0.05, 0) is 30.9 Å². The molecule has 1 amide bonds. The molecular weight excluding hydrogens is 284 g/mol. The molecule has 0 saturated heterocycles. The molecule has 1 N–H and O–H groups in total. The summed E-state index contributed by atoms with van der Waals surface area (Å²) in [5, 5.41) is 12.5. The van der Waals surface area contributed by atoms with Crippen molar-refractivity contribution in [3.8, 4) is 0 Å². The summed E-state index contributed by atoms with van der Waals surface area (Å²) in [6.07, 6.45) is 4.85. The number of carbonyl (C=O) groups excluding carboxylic acids is 1. The van der Waals surface area contributed by atoms with E-state index in [0.29, 0.717) is 11.8 Å². The maximum atomic E-state index is 11.7. The Kier molecular flexibility index (Phi) is 5.67. The second-order valence-electron chi connectivity index (χ2n) is 6.32. The fraction of sp³-hybridized carbons (Fsp3) is 0.800. The van der Waals surface area contributed by atoms with Gasteiger partial charge in [-0.1, -0.05) is 32.5 Å². The lowest BCUT2D eigenvalue weighted by Crippen LogP contribution is -2.27. The molecule has 1 aliphatic rings. The van der Waals surface area contributed by atoms with Gasteiger partial charge in [0.15, 0.2) is 5.16 Å². The van der Waals surface area contributed by atoms with Gasteiger partial charge in [0.25, 0.3) is 0 Å². The molecule has 0 radical (unpaired) electrons. The number of thioether (sulfide) groups is 1. The van der Waals surface area contributed by atoms with Crippen LogP contribution in [0.4, 0.5) is 0 Å². The van der Waals surface area contributed by atoms with Crippen LogP contribution in [0.25, 0.3) is 0 Å². The lowest BCUT2D eigenvalue weighted by molar-refractivity contribution is -0.122. The first-order valence-electron chi connectivity index (χ1n) is 7.76. The lowest BCUT2D eigenvalue weighted by Gasteiger charge is -2.11. The second kappa shape index (κ2) is 7.29. The van der Waals surface area contributed by atoms with Gasteiger partial charge >= 0.3 is 0 Å².